The average Bonchev–Trinajstić information content (AvgIpc) is 2.75. The standard InChI is InChI=1S/C27H33FO/c1-3-5-19-29-27-18-13-23(20-26(27)28)8-7-22-11-16-25(17-12-22)24-14-9-21(6-4-2)10-15-24/h11-13,16-18,20-21,24H,3-6,9-10,14-15,19H2,1-2H3. The summed E-state index contributed by atoms with van der Waals surface area (Å²) in [5, 5.41) is 0. The van der Waals surface area contributed by atoms with E-state index in [1.54, 1.807) is 6.07 Å². The number of ether oxygens (including phenoxy) is 1. The van der Waals surface area contributed by atoms with Crippen LogP contribution in [0.25, 0.3) is 0 Å². The third kappa shape index (κ3) is 6.36. The molecule has 0 atom stereocenters. The highest BCUT2D eigenvalue weighted by molar-refractivity contribution is 5.45. The molecule has 0 aliphatic heterocycles. The van der Waals surface area contributed by atoms with E-state index in [4.69, 9.17) is 4.74 Å². The molecule has 0 N–H and O–H groups in total. The van der Waals surface area contributed by atoms with Crippen molar-refractivity contribution in [3.63, 3.8) is 0 Å². The molecule has 1 saturated carbocycles. The van der Waals surface area contributed by atoms with E-state index in [9.17, 15) is 4.39 Å². The smallest absolute Gasteiger partial charge is 0.166 e. The van der Waals surface area contributed by atoms with Gasteiger partial charge in [0.1, 0.15) is 0 Å². The van der Waals surface area contributed by atoms with Gasteiger partial charge in [0.25, 0.3) is 0 Å². The third-order valence-electron chi connectivity index (χ3n) is 5.96. The van der Waals surface area contributed by atoms with Gasteiger partial charge in [-0.15, -0.1) is 0 Å². The highest BCUT2D eigenvalue weighted by atomic mass is 19.1. The van der Waals surface area contributed by atoms with E-state index in [0.29, 0.717) is 23.8 Å². The van der Waals surface area contributed by atoms with Gasteiger partial charge in [0.05, 0.1) is 6.61 Å². The Morgan fingerprint density at radius 3 is 2.24 bits per heavy atom. The van der Waals surface area contributed by atoms with E-state index in [-0.39, 0.29) is 5.82 Å². The van der Waals surface area contributed by atoms with Crippen molar-refractivity contribution in [3.8, 4) is 17.6 Å². The van der Waals surface area contributed by atoms with Gasteiger partial charge < -0.3 is 4.74 Å². The molecule has 0 bridgehead atoms. The van der Waals surface area contributed by atoms with E-state index in [1.807, 2.05) is 6.07 Å². The average molecular weight is 393 g/mol. The fourth-order valence-electron chi connectivity index (χ4n) is 4.20. The Bertz CT molecular complexity index is 820. The van der Waals surface area contributed by atoms with Gasteiger partial charge in [-0.25, -0.2) is 4.39 Å². The number of rotatable bonds is 7. The summed E-state index contributed by atoms with van der Waals surface area (Å²) in [4.78, 5) is 0. The quantitative estimate of drug-likeness (QED) is 0.350. The van der Waals surface area contributed by atoms with Crippen LogP contribution < -0.4 is 4.74 Å². The number of hydrogen-bond acceptors (Lipinski definition) is 1. The number of hydrogen-bond donors (Lipinski definition) is 0. The van der Waals surface area contributed by atoms with Crippen LogP contribution in [0.5, 0.6) is 5.75 Å². The summed E-state index contributed by atoms with van der Waals surface area (Å²) in [7, 11) is 0. The van der Waals surface area contributed by atoms with Gasteiger partial charge in [-0.1, -0.05) is 57.1 Å². The topological polar surface area (TPSA) is 9.23 Å². The zero-order valence-electron chi connectivity index (χ0n) is 17.8. The second-order valence-corrected chi connectivity index (χ2v) is 8.23. The summed E-state index contributed by atoms with van der Waals surface area (Å²) in [6.07, 6.45) is 9.99. The number of benzene rings is 2. The molecular weight excluding hydrogens is 359 g/mol. The van der Waals surface area contributed by atoms with Crippen LogP contribution in [0.4, 0.5) is 4.39 Å². The van der Waals surface area contributed by atoms with Crippen molar-refractivity contribution in [3.05, 3.63) is 65.0 Å². The van der Waals surface area contributed by atoms with E-state index in [1.165, 1.54) is 50.2 Å². The van der Waals surface area contributed by atoms with Crippen LogP contribution in [-0.2, 0) is 0 Å². The fraction of sp³-hybridized carbons (Fsp3) is 0.481. The van der Waals surface area contributed by atoms with Crippen LogP contribution in [-0.4, -0.2) is 6.61 Å². The Morgan fingerprint density at radius 1 is 0.897 bits per heavy atom. The molecule has 1 fully saturated rings. The summed E-state index contributed by atoms with van der Waals surface area (Å²) >= 11 is 0. The first kappa shape index (κ1) is 21.4. The Labute approximate surface area is 175 Å². The molecule has 3 rings (SSSR count). The SMILES string of the molecule is CCCCOc1ccc(C#Cc2ccc(C3CCC(CCC)CC3)cc2)cc1F. The largest absolute Gasteiger partial charge is 0.491 e. The lowest BCUT2D eigenvalue weighted by atomic mass is 9.77. The summed E-state index contributed by atoms with van der Waals surface area (Å²) in [6, 6.07) is 13.6. The second kappa shape index (κ2) is 11.1. The molecule has 0 aromatic heterocycles. The maximum Gasteiger partial charge on any atom is 0.166 e. The second-order valence-electron chi connectivity index (χ2n) is 8.23. The van der Waals surface area contributed by atoms with Crippen LogP contribution in [0, 0.1) is 23.6 Å². The minimum absolute atomic E-state index is 0.307. The molecule has 0 saturated heterocycles. The van der Waals surface area contributed by atoms with E-state index in [0.717, 1.165) is 24.3 Å². The third-order valence-corrected chi connectivity index (χ3v) is 5.96. The van der Waals surface area contributed by atoms with Crippen molar-refractivity contribution in [1.29, 1.82) is 0 Å². The lowest BCUT2D eigenvalue weighted by Gasteiger charge is -2.28. The van der Waals surface area contributed by atoms with Crippen molar-refractivity contribution >= 4 is 0 Å². The van der Waals surface area contributed by atoms with E-state index >= 15 is 0 Å². The molecule has 2 aromatic rings. The summed E-state index contributed by atoms with van der Waals surface area (Å²) < 4.78 is 19.6. The highest BCUT2D eigenvalue weighted by Gasteiger charge is 2.21. The van der Waals surface area contributed by atoms with Crippen molar-refractivity contribution in [2.45, 2.75) is 71.1 Å². The maximum atomic E-state index is 14.1. The normalized spacial score (nSPS) is 18.7. The van der Waals surface area contributed by atoms with Gasteiger partial charge in [-0.05, 0) is 79.8 Å². The predicted molar refractivity (Wildman–Crippen MR) is 119 cm³/mol. The molecular formula is C27H33FO. The first-order valence-electron chi connectivity index (χ1n) is 11.2. The molecule has 0 unspecified atom stereocenters. The predicted octanol–water partition coefficient (Wildman–Crippen LogP) is 7.48. The summed E-state index contributed by atoms with van der Waals surface area (Å²) in [5.41, 5.74) is 3.07. The summed E-state index contributed by atoms with van der Waals surface area (Å²) in [5.74, 6) is 7.82. The molecule has 0 spiro atoms. The molecule has 0 heterocycles. The Balaban J connectivity index is 1.58. The maximum absolute atomic E-state index is 14.1. The minimum Gasteiger partial charge on any atom is -0.491 e. The van der Waals surface area contributed by atoms with E-state index < -0.39 is 0 Å². The zero-order chi connectivity index (χ0) is 20.5. The van der Waals surface area contributed by atoms with Gasteiger partial charge in [-0.2, -0.15) is 0 Å². The van der Waals surface area contributed by atoms with E-state index in [2.05, 4.69) is 50.0 Å². The van der Waals surface area contributed by atoms with Crippen molar-refractivity contribution in [2.24, 2.45) is 5.92 Å². The van der Waals surface area contributed by atoms with Crippen molar-refractivity contribution in [1.82, 2.24) is 0 Å². The van der Waals surface area contributed by atoms with Crippen LogP contribution in [0.2, 0.25) is 0 Å². The molecule has 1 nitrogen and oxygen atoms in total. The van der Waals surface area contributed by atoms with Crippen LogP contribution in [0.1, 0.15) is 87.8 Å². The van der Waals surface area contributed by atoms with Crippen LogP contribution in [0.3, 0.4) is 0 Å². The molecule has 0 radical (unpaired) electrons. The van der Waals surface area contributed by atoms with Gasteiger partial charge in [0.2, 0.25) is 0 Å². The van der Waals surface area contributed by atoms with Crippen LogP contribution >= 0.6 is 0 Å². The fourth-order valence-corrected chi connectivity index (χ4v) is 4.20. The number of halogens is 1. The molecule has 1 aliphatic carbocycles. The van der Waals surface area contributed by atoms with Crippen molar-refractivity contribution < 1.29 is 9.13 Å². The highest BCUT2D eigenvalue weighted by Crippen LogP contribution is 2.37. The first-order valence-corrected chi connectivity index (χ1v) is 11.2. The lowest BCUT2D eigenvalue weighted by Crippen LogP contribution is -2.13. The van der Waals surface area contributed by atoms with Gasteiger partial charge in [-0.3, -0.25) is 0 Å². The monoisotopic (exact) mass is 392 g/mol. The zero-order valence-corrected chi connectivity index (χ0v) is 17.8. The summed E-state index contributed by atoms with van der Waals surface area (Å²) in [6.45, 7) is 4.92. The molecule has 2 heteroatoms. The van der Waals surface area contributed by atoms with Gasteiger partial charge in [0, 0.05) is 11.1 Å². The Morgan fingerprint density at radius 2 is 1.59 bits per heavy atom. The van der Waals surface area contributed by atoms with Crippen molar-refractivity contribution in [2.75, 3.05) is 6.61 Å². The lowest BCUT2D eigenvalue weighted by molar-refractivity contribution is 0.294. The molecule has 2 aromatic carbocycles. The molecule has 154 valence electrons. The molecule has 0 amide bonds. The Kier molecular flexibility index (Phi) is 8.17. The van der Waals surface area contributed by atoms with Crippen LogP contribution in [0.15, 0.2) is 42.5 Å². The van der Waals surface area contributed by atoms with Gasteiger partial charge >= 0.3 is 0 Å². The first-order chi connectivity index (χ1) is 14.2. The molecule has 29 heavy (non-hydrogen) atoms. The minimum atomic E-state index is -0.345. The number of unbranched alkanes of at least 4 members (excludes halogenated alkanes) is 1. The molecule has 1 aliphatic rings. The Hall–Kier alpha value is -2.27. The van der Waals surface area contributed by atoms with Gasteiger partial charge in [0.15, 0.2) is 11.6 Å².